The maximum atomic E-state index is 5.06. The molecule has 0 aliphatic carbocycles. The SMILES string of the molecule is COCC(C)NCCCCc1nc(C)cs1. The van der Waals surface area contributed by atoms with Crippen molar-refractivity contribution >= 4 is 11.3 Å². The molecule has 1 heterocycles. The van der Waals surface area contributed by atoms with E-state index in [1.165, 1.54) is 17.8 Å². The van der Waals surface area contributed by atoms with E-state index in [4.69, 9.17) is 4.74 Å². The third kappa shape index (κ3) is 5.58. The van der Waals surface area contributed by atoms with Crippen LogP contribution in [-0.2, 0) is 11.2 Å². The first kappa shape index (κ1) is 13.6. The van der Waals surface area contributed by atoms with Gasteiger partial charge in [0.2, 0.25) is 0 Å². The number of nitrogens with zero attached hydrogens (tertiary/aromatic N) is 1. The Morgan fingerprint density at radius 3 is 2.94 bits per heavy atom. The van der Waals surface area contributed by atoms with Gasteiger partial charge < -0.3 is 10.1 Å². The summed E-state index contributed by atoms with van der Waals surface area (Å²) in [6, 6.07) is 0.451. The third-order valence-electron chi connectivity index (χ3n) is 2.39. The maximum Gasteiger partial charge on any atom is 0.0928 e. The molecule has 1 N–H and O–H groups in total. The Kier molecular flexibility index (Phi) is 6.61. The lowest BCUT2D eigenvalue weighted by Gasteiger charge is -2.11. The minimum atomic E-state index is 0.451. The summed E-state index contributed by atoms with van der Waals surface area (Å²) < 4.78 is 5.06. The molecule has 4 heteroatoms. The lowest BCUT2D eigenvalue weighted by molar-refractivity contribution is 0.172. The third-order valence-corrected chi connectivity index (χ3v) is 3.42. The van der Waals surface area contributed by atoms with Gasteiger partial charge in [-0.1, -0.05) is 0 Å². The van der Waals surface area contributed by atoms with Crippen LogP contribution in [0.15, 0.2) is 5.38 Å². The summed E-state index contributed by atoms with van der Waals surface area (Å²) in [5.74, 6) is 0. The molecule has 0 aliphatic rings. The van der Waals surface area contributed by atoms with E-state index in [1.807, 2.05) is 6.92 Å². The summed E-state index contributed by atoms with van der Waals surface area (Å²) in [6.07, 6.45) is 3.52. The predicted octanol–water partition coefficient (Wildman–Crippen LogP) is 2.40. The van der Waals surface area contributed by atoms with E-state index in [0.29, 0.717) is 6.04 Å². The first-order chi connectivity index (χ1) is 7.72. The molecular formula is C12H22N2OS. The molecule has 92 valence electrons. The minimum absolute atomic E-state index is 0.451. The van der Waals surface area contributed by atoms with Crippen molar-refractivity contribution < 1.29 is 4.74 Å². The zero-order chi connectivity index (χ0) is 11.8. The Labute approximate surface area is 102 Å². The smallest absolute Gasteiger partial charge is 0.0928 e. The van der Waals surface area contributed by atoms with Crippen LogP contribution >= 0.6 is 11.3 Å². The topological polar surface area (TPSA) is 34.1 Å². The molecule has 0 saturated heterocycles. The van der Waals surface area contributed by atoms with Crippen LogP contribution in [0.25, 0.3) is 0 Å². The fourth-order valence-corrected chi connectivity index (χ4v) is 2.39. The highest BCUT2D eigenvalue weighted by atomic mass is 32.1. The molecule has 3 nitrogen and oxygen atoms in total. The van der Waals surface area contributed by atoms with Crippen LogP contribution in [0.4, 0.5) is 0 Å². The number of unbranched alkanes of at least 4 members (excludes halogenated alkanes) is 1. The summed E-state index contributed by atoms with van der Waals surface area (Å²) >= 11 is 1.77. The summed E-state index contributed by atoms with van der Waals surface area (Å²) in [5, 5.41) is 6.82. The van der Waals surface area contributed by atoms with Crippen LogP contribution in [0.1, 0.15) is 30.5 Å². The van der Waals surface area contributed by atoms with Gasteiger partial charge in [0.05, 0.1) is 11.6 Å². The number of aromatic nitrogens is 1. The van der Waals surface area contributed by atoms with Crippen molar-refractivity contribution in [2.75, 3.05) is 20.3 Å². The molecule has 0 fully saturated rings. The number of methoxy groups -OCH3 is 1. The molecule has 0 aliphatic heterocycles. The molecular weight excluding hydrogens is 220 g/mol. The van der Waals surface area contributed by atoms with Crippen LogP contribution < -0.4 is 5.32 Å². The van der Waals surface area contributed by atoms with Gasteiger partial charge in [-0.15, -0.1) is 11.3 Å². The van der Waals surface area contributed by atoms with Gasteiger partial charge in [0.1, 0.15) is 0 Å². The Bertz CT molecular complexity index is 288. The second-order valence-corrected chi connectivity index (χ2v) is 5.09. The number of hydrogen-bond acceptors (Lipinski definition) is 4. The summed E-state index contributed by atoms with van der Waals surface area (Å²) in [6.45, 7) is 6.04. The molecule has 1 aromatic rings. The zero-order valence-corrected chi connectivity index (χ0v) is 11.3. The van der Waals surface area contributed by atoms with E-state index >= 15 is 0 Å². The Morgan fingerprint density at radius 1 is 1.50 bits per heavy atom. The van der Waals surface area contributed by atoms with Crippen LogP contribution in [-0.4, -0.2) is 31.3 Å². The molecule has 1 rings (SSSR count). The molecule has 0 bridgehead atoms. The van der Waals surface area contributed by atoms with Crippen molar-refractivity contribution in [1.29, 1.82) is 0 Å². The van der Waals surface area contributed by atoms with Gasteiger partial charge in [-0.3, -0.25) is 0 Å². The van der Waals surface area contributed by atoms with Crippen LogP contribution in [0.2, 0.25) is 0 Å². The first-order valence-corrected chi connectivity index (χ1v) is 6.73. The molecule has 1 aromatic heterocycles. The summed E-state index contributed by atoms with van der Waals surface area (Å²) in [7, 11) is 1.74. The summed E-state index contributed by atoms with van der Waals surface area (Å²) in [4.78, 5) is 4.45. The number of hydrogen-bond donors (Lipinski definition) is 1. The van der Waals surface area contributed by atoms with E-state index in [0.717, 1.165) is 25.3 Å². The number of ether oxygens (including phenoxy) is 1. The van der Waals surface area contributed by atoms with E-state index in [2.05, 4.69) is 22.6 Å². The number of rotatable bonds is 8. The minimum Gasteiger partial charge on any atom is -0.383 e. The first-order valence-electron chi connectivity index (χ1n) is 5.85. The molecule has 1 unspecified atom stereocenters. The monoisotopic (exact) mass is 242 g/mol. The fourth-order valence-electron chi connectivity index (χ4n) is 1.58. The van der Waals surface area contributed by atoms with Crippen LogP contribution in [0.3, 0.4) is 0 Å². The quantitative estimate of drug-likeness (QED) is 0.711. The van der Waals surface area contributed by atoms with Crippen molar-refractivity contribution in [1.82, 2.24) is 10.3 Å². The fraction of sp³-hybridized carbons (Fsp3) is 0.750. The van der Waals surface area contributed by atoms with E-state index < -0.39 is 0 Å². The summed E-state index contributed by atoms with van der Waals surface area (Å²) in [5.41, 5.74) is 1.15. The van der Waals surface area contributed by atoms with Gasteiger partial charge in [0, 0.05) is 24.2 Å². The van der Waals surface area contributed by atoms with Crippen molar-refractivity contribution in [3.8, 4) is 0 Å². The number of nitrogens with one attached hydrogen (secondary N) is 1. The lowest BCUT2D eigenvalue weighted by Crippen LogP contribution is -2.30. The number of aryl methyl sites for hydroxylation is 2. The van der Waals surface area contributed by atoms with Gasteiger partial charge in [0.25, 0.3) is 0 Å². The van der Waals surface area contributed by atoms with Gasteiger partial charge in [-0.25, -0.2) is 4.98 Å². The lowest BCUT2D eigenvalue weighted by atomic mass is 10.2. The molecule has 0 aromatic carbocycles. The van der Waals surface area contributed by atoms with Gasteiger partial charge in [0.15, 0.2) is 0 Å². The van der Waals surface area contributed by atoms with Crippen molar-refractivity contribution in [2.24, 2.45) is 0 Å². The molecule has 0 saturated carbocycles. The Balaban J connectivity index is 2.00. The van der Waals surface area contributed by atoms with Crippen LogP contribution in [0, 0.1) is 6.92 Å². The average Bonchev–Trinajstić information content (AvgIpc) is 2.64. The Morgan fingerprint density at radius 2 is 2.31 bits per heavy atom. The molecule has 1 atom stereocenters. The second kappa shape index (κ2) is 7.76. The predicted molar refractivity (Wildman–Crippen MR) is 69.1 cm³/mol. The van der Waals surface area contributed by atoms with Crippen molar-refractivity contribution in [2.45, 2.75) is 39.2 Å². The van der Waals surface area contributed by atoms with E-state index in [-0.39, 0.29) is 0 Å². The van der Waals surface area contributed by atoms with Gasteiger partial charge in [-0.05, 0) is 39.7 Å². The van der Waals surface area contributed by atoms with Crippen molar-refractivity contribution in [3.63, 3.8) is 0 Å². The van der Waals surface area contributed by atoms with E-state index in [1.54, 1.807) is 18.4 Å². The van der Waals surface area contributed by atoms with Gasteiger partial charge in [-0.2, -0.15) is 0 Å². The highest BCUT2D eigenvalue weighted by Gasteiger charge is 2.00. The highest BCUT2D eigenvalue weighted by molar-refractivity contribution is 7.09. The molecule has 16 heavy (non-hydrogen) atoms. The normalized spacial score (nSPS) is 12.9. The second-order valence-electron chi connectivity index (χ2n) is 4.15. The molecule has 0 radical (unpaired) electrons. The highest BCUT2D eigenvalue weighted by Crippen LogP contribution is 2.11. The maximum absolute atomic E-state index is 5.06. The zero-order valence-electron chi connectivity index (χ0n) is 10.5. The standard InChI is InChI=1S/C12H22N2OS/c1-10(8-15-3)13-7-5-4-6-12-14-11(2)9-16-12/h9-10,13H,4-8H2,1-3H3. The van der Waals surface area contributed by atoms with E-state index in [9.17, 15) is 0 Å². The van der Waals surface area contributed by atoms with Crippen molar-refractivity contribution in [3.05, 3.63) is 16.1 Å². The molecule has 0 spiro atoms. The van der Waals surface area contributed by atoms with Crippen LogP contribution in [0.5, 0.6) is 0 Å². The average molecular weight is 242 g/mol. The Hall–Kier alpha value is -0.450. The molecule has 0 amide bonds. The largest absolute Gasteiger partial charge is 0.383 e. The van der Waals surface area contributed by atoms with Gasteiger partial charge >= 0.3 is 0 Å². The number of thiazole rings is 1.